The molecule has 0 radical (unpaired) electrons. The lowest BCUT2D eigenvalue weighted by atomic mass is 9.97. The standard InChI is InChI=1S/C13H25BrN2O/c1-12(2,3)16-8-6-10(7-9-16)15-11(17)13(4,5)14/h10H,6-9H2,1-5H3,(H,15,17). The molecule has 0 bridgehead atoms. The summed E-state index contributed by atoms with van der Waals surface area (Å²) in [6, 6.07) is 0.331. The molecule has 0 saturated carbocycles. The molecule has 0 aromatic carbocycles. The van der Waals surface area contributed by atoms with Crippen molar-refractivity contribution < 1.29 is 4.79 Å². The summed E-state index contributed by atoms with van der Waals surface area (Å²) in [5, 5.41) is 3.12. The molecule has 17 heavy (non-hydrogen) atoms. The van der Waals surface area contributed by atoms with E-state index in [1.807, 2.05) is 13.8 Å². The third kappa shape index (κ3) is 4.59. The molecule has 1 fully saturated rings. The van der Waals surface area contributed by atoms with Crippen LogP contribution in [0.25, 0.3) is 0 Å². The van der Waals surface area contributed by atoms with Gasteiger partial charge in [0.15, 0.2) is 0 Å². The Bertz CT molecular complexity index is 270. The lowest BCUT2D eigenvalue weighted by Crippen LogP contribution is -2.52. The van der Waals surface area contributed by atoms with Gasteiger partial charge in [-0.25, -0.2) is 0 Å². The van der Waals surface area contributed by atoms with Crippen LogP contribution in [0.2, 0.25) is 0 Å². The minimum absolute atomic E-state index is 0.0895. The van der Waals surface area contributed by atoms with Crippen LogP contribution in [0.5, 0.6) is 0 Å². The van der Waals surface area contributed by atoms with Gasteiger partial charge in [-0.05, 0) is 47.5 Å². The minimum Gasteiger partial charge on any atom is -0.352 e. The second kappa shape index (κ2) is 5.27. The van der Waals surface area contributed by atoms with Crippen LogP contribution in [0, 0.1) is 0 Å². The first-order valence-corrected chi connectivity index (χ1v) is 7.15. The third-order valence-electron chi connectivity index (χ3n) is 3.32. The first kappa shape index (κ1) is 15.0. The maximum absolute atomic E-state index is 11.8. The Labute approximate surface area is 113 Å². The molecule has 100 valence electrons. The second-order valence-electron chi connectivity index (χ2n) is 6.38. The van der Waals surface area contributed by atoms with Crippen molar-refractivity contribution in [3.8, 4) is 0 Å². The van der Waals surface area contributed by atoms with E-state index in [1.165, 1.54) is 0 Å². The Balaban J connectivity index is 2.41. The van der Waals surface area contributed by atoms with Gasteiger partial charge in [-0.1, -0.05) is 15.9 Å². The molecular weight excluding hydrogens is 280 g/mol. The first-order chi connectivity index (χ1) is 7.60. The van der Waals surface area contributed by atoms with E-state index in [0.29, 0.717) is 6.04 Å². The van der Waals surface area contributed by atoms with Crippen LogP contribution in [0.3, 0.4) is 0 Å². The molecule has 1 aliphatic rings. The smallest absolute Gasteiger partial charge is 0.236 e. The van der Waals surface area contributed by atoms with E-state index in [0.717, 1.165) is 25.9 Å². The minimum atomic E-state index is -0.464. The zero-order valence-electron chi connectivity index (χ0n) is 11.6. The average molecular weight is 305 g/mol. The fourth-order valence-corrected chi connectivity index (χ4v) is 2.17. The number of hydrogen-bond acceptors (Lipinski definition) is 2. The van der Waals surface area contributed by atoms with E-state index >= 15 is 0 Å². The lowest BCUT2D eigenvalue weighted by Gasteiger charge is -2.41. The van der Waals surface area contributed by atoms with Crippen LogP contribution in [0.1, 0.15) is 47.5 Å². The molecule has 1 saturated heterocycles. The molecule has 0 aromatic heterocycles. The topological polar surface area (TPSA) is 32.3 Å². The molecule has 3 nitrogen and oxygen atoms in total. The van der Waals surface area contributed by atoms with Crippen molar-refractivity contribution in [2.75, 3.05) is 13.1 Å². The van der Waals surface area contributed by atoms with E-state index in [4.69, 9.17) is 0 Å². The zero-order valence-corrected chi connectivity index (χ0v) is 13.2. The number of carbonyl (C=O) groups is 1. The number of amides is 1. The number of hydrogen-bond donors (Lipinski definition) is 1. The van der Waals surface area contributed by atoms with Crippen LogP contribution in [0.15, 0.2) is 0 Å². The van der Waals surface area contributed by atoms with Crippen molar-refractivity contribution in [1.29, 1.82) is 0 Å². The molecule has 1 N–H and O–H groups in total. The summed E-state index contributed by atoms with van der Waals surface area (Å²) >= 11 is 3.39. The highest BCUT2D eigenvalue weighted by Crippen LogP contribution is 2.21. The fourth-order valence-electron chi connectivity index (χ4n) is 2.05. The Morgan fingerprint density at radius 3 is 2.00 bits per heavy atom. The third-order valence-corrected chi connectivity index (χ3v) is 3.68. The van der Waals surface area contributed by atoms with Crippen LogP contribution < -0.4 is 5.32 Å². The number of likely N-dealkylation sites (tertiary alicyclic amines) is 1. The van der Waals surface area contributed by atoms with Crippen LogP contribution in [-0.2, 0) is 4.79 Å². The van der Waals surface area contributed by atoms with Gasteiger partial charge in [0.1, 0.15) is 0 Å². The molecule has 0 aliphatic carbocycles. The number of nitrogens with one attached hydrogen (secondary N) is 1. The summed E-state index contributed by atoms with van der Waals surface area (Å²) in [7, 11) is 0. The van der Waals surface area contributed by atoms with Gasteiger partial charge in [0.25, 0.3) is 0 Å². The summed E-state index contributed by atoms with van der Waals surface area (Å²) in [4.78, 5) is 14.3. The molecule has 0 aromatic rings. The molecule has 0 spiro atoms. The van der Waals surface area contributed by atoms with Gasteiger partial charge in [-0.2, -0.15) is 0 Å². The van der Waals surface area contributed by atoms with E-state index < -0.39 is 4.32 Å². The number of piperidine rings is 1. The largest absolute Gasteiger partial charge is 0.352 e. The fraction of sp³-hybridized carbons (Fsp3) is 0.923. The Morgan fingerprint density at radius 2 is 1.65 bits per heavy atom. The number of nitrogens with zero attached hydrogens (tertiary/aromatic N) is 1. The van der Waals surface area contributed by atoms with Crippen molar-refractivity contribution in [2.45, 2.75) is 63.4 Å². The Kier molecular flexibility index (Phi) is 4.64. The quantitative estimate of drug-likeness (QED) is 0.795. The normalized spacial score (nSPS) is 20.4. The monoisotopic (exact) mass is 304 g/mol. The first-order valence-electron chi connectivity index (χ1n) is 6.35. The number of rotatable bonds is 2. The van der Waals surface area contributed by atoms with Crippen molar-refractivity contribution >= 4 is 21.8 Å². The van der Waals surface area contributed by atoms with Gasteiger partial charge in [-0.3, -0.25) is 9.69 Å². The Hall–Kier alpha value is -0.0900. The van der Waals surface area contributed by atoms with Crippen molar-refractivity contribution in [3.05, 3.63) is 0 Å². The van der Waals surface area contributed by atoms with E-state index in [-0.39, 0.29) is 11.4 Å². The second-order valence-corrected chi connectivity index (χ2v) is 8.36. The van der Waals surface area contributed by atoms with Crippen LogP contribution in [-0.4, -0.2) is 39.8 Å². The highest BCUT2D eigenvalue weighted by Gasteiger charge is 2.30. The molecule has 1 amide bonds. The van der Waals surface area contributed by atoms with Gasteiger partial charge in [0.05, 0.1) is 4.32 Å². The Morgan fingerprint density at radius 1 is 1.18 bits per heavy atom. The zero-order chi connectivity index (χ0) is 13.3. The van der Waals surface area contributed by atoms with Crippen molar-refractivity contribution in [1.82, 2.24) is 10.2 Å². The maximum atomic E-state index is 11.8. The van der Waals surface area contributed by atoms with Gasteiger partial charge < -0.3 is 5.32 Å². The molecular formula is C13H25BrN2O. The number of alkyl halides is 1. The lowest BCUT2D eigenvalue weighted by molar-refractivity contribution is -0.123. The summed E-state index contributed by atoms with van der Waals surface area (Å²) in [6.45, 7) is 12.6. The van der Waals surface area contributed by atoms with Crippen molar-refractivity contribution in [2.24, 2.45) is 0 Å². The van der Waals surface area contributed by atoms with E-state index in [2.05, 4.69) is 46.9 Å². The molecule has 1 aliphatic heterocycles. The van der Waals surface area contributed by atoms with E-state index in [9.17, 15) is 4.79 Å². The van der Waals surface area contributed by atoms with Gasteiger partial charge >= 0.3 is 0 Å². The summed E-state index contributed by atoms with van der Waals surface area (Å²) in [6.07, 6.45) is 2.10. The average Bonchev–Trinajstić information content (AvgIpc) is 2.15. The summed E-state index contributed by atoms with van der Waals surface area (Å²) < 4.78 is -0.464. The number of carbonyl (C=O) groups excluding carboxylic acids is 1. The highest BCUT2D eigenvalue weighted by atomic mass is 79.9. The summed E-state index contributed by atoms with van der Waals surface area (Å²) in [5.41, 5.74) is 0.240. The van der Waals surface area contributed by atoms with Gasteiger partial charge in [0, 0.05) is 24.7 Å². The SMILES string of the molecule is CC(C)(Br)C(=O)NC1CCN(C(C)(C)C)CC1. The molecule has 0 unspecified atom stereocenters. The molecule has 0 atom stereocenters. The molecule has 4 heteroatoms. The van der Waals surface area contributed by atoms with E-state index in [1.54, 1.807) is 0 Å². The van der Waals surface area contributed by atoms with Crippen LogP contribution in [0.4, 0.5) is 0 Å². The van der Waals surface area contributed by atoms with Crippen LogP contribution >= 0.6 is 15.9 Å². The van der Waals surface area contributed by atoms with Crippen molar-refractivity contribution in [3.63, 3.8) is 0 Å². The molecule has 1 rings (SSSR count). The predicted octanol–water partition coefficient (Wildman–Crippen LogP) is 2.54. The van der Waals surface area contributed by atoms with Gasteiger partial charge in [0.2, 0.25) is 5.91 Å². The van der Waals surface area contributed by atoms with Gasteiger partial charge in [-0.15, -0.1) is 0 Å². The summed E-state index contributed by atoms with van der Waals surface area (Å²) in [5.74, 6) is 0.0895. The number of halogens is 1. The predicted molar refractivity (Wildman–Crippen MR) is 75.5 cm³/mol. The molecule has 1 heterocycles. The highest BCUT2D eigenvalue weighted by molar-refractivity contribution is 9.10. The maximum Gasteiger partial charge on any atom is 0.236 e.